The summed E-state index contributed by atoms with van der Waals surface area (Å²) in [5.74, 6) is 0. The van der Waals surface area contributed by atoms with Crippen LogP contribution in [0.3, 0.4) is 0 Å². The average Bonchev–Trinajstić information content (AvgIpc) is 2.39. The summed E-state index contributed by atoms with van der Waals surface area (Å²) in [6.45, 7) is 3.80. The first-order chi connectivity index (χ1) is 8.70. The SMILES string of the molecule is CNCC([SiH3])[C@H](O)CN1CCc2ccccc2C1. The topological polar surface area (TPSA) is 35.5 Å². The molecule has 0 saturated carbocycles. The van der Waals surface area contributed by atoms with Gasteiger partial charge in [-0.05, 0) is 36.7 Å². The highest BCUT2D eigenvalue weighted by atomic mass is 28.1. The van der Waals surface area contributed by atoms with Crippen molar-refractivity contribution in [3.63, 3.8) is 0 Å². The lowest BCUT2D eigenvalue weighted by Gasteiger charge is -2.32. The number of aliphatic hydroxyl groups is 1. The van der Waals surface area contributed by atoms with Gasteiger partial charge in [0.1, 0.15) is 0 Å². The molecule has 0 spiro atoms. The summed E-state index contributed by atoms with van der Waals surface area (Å²) in [4.78, 5) is 2.38. The zero-order chi connectivity index (χ0) is 13.0. The van der Waals surface area contributed by atoms with Crippen molar-refractivity contribution in [2.45, 2.75) is 24.6 Å². The smallest absolute Gasteiger partial charge is 0.0675 e. The number of benzene rings is 1. The Hall–Kier alpha value is -0.683. The molecule has 2 atom stereocenters. The molecule has 0 saturated heterocycles. The molecule has 2 rings (SSSR count). The normalized spacial score (nSPS) is 19.4. The Morgan fingerprint density at radius 2 is 2.11 bits per heavy atom. The summed E-state index contributed by atoms with van der Waals surface area (Å²) in [6.07, 6.45) is 0.926. The van der Waals surface area contributed by atoms with Gasteiger partial charge in [-0.25, -0.2) is 0 Å². The molecule has 2 N–H and O–H groups in total. The number of rotatable bonds is 5. The van der Waals surface area contributed by atoms with Crippen LogP contribution in [-0.2, 0) is 13.0 Å². The maximum absolute atomic E-state index is 10.2. The van der Waals surface area contributed by atoms with Crippen LogP contribution in [0.2, 0.25) is 5.54 Å². The zero-order valence-electron chi connectivity index (χ0n) is 11.4. The van der Waals surface area contributed by atoms with Crippen molar-refractivity contribution >= 4 is 10.2 Å². The van der Waals surface area contributed by atoms with Gasteiger partial charge in [-0.1, -0.05) is 24.3 Å². The zero-order valence-corrected chi connectivity index (χ0v) is 13.4. The fraction of sp³-hybridized carbons (Fsp3) is 0.571. The first-order valence-electron chi connectivity index (χ1n) is 6.82. The van der Waals surface area contributed by atoms with Crippen LogP contribution in [0.5, 0.6) is 0 Å². The third-order valence-electron chi connectivity index (χ3n) is 3.84. The average molecular weight is 264 g/mol. The molecule has 1 unspecified atom stereocenters. The lowest BCUT2D eigenvalue weighted by atomic mass is 9.99. The van der Waals surface area contributed by atoms with Crippen LogP contribution in [0.4, 0.5) is 0 Å². The summed E-state index contributed by atoms with van der Waals surface area (Å²) in [5.41, 5.74) is 3.34. The van der Waals surface area contributed by atoms with E-state index < -0.39 is 0 Å². The summed E-state index contributed by atoms with van der Waals surface area (Å²) in [6, 6.07) is 8.65. The van der Waals surface area contributed by atoms with Gasteiger partial charge >= 0.3 is 0 Å². The van der Waals surface area contributed by atoms with Crippen LogP contribution in [0.25, 0.3) is 0 Å². The second-order valence-corrected chi connectivity index (χ2v) is 6.84. The Labute approximate surface area is 113 Å². The van der Waals surface area contributed by atoms with Crippen LogP contribution < -0.4 is 5.32 Å². The minimum atomic E-state index is -0.186. The molecular formula is C14H24N2OSi. The van der Waals surface area contributed by atoms with E-state index in [9.17, 15) is 5.11 Å². The number of nitrogens with zero attached hydrogens (tertiary/aromatic N) is 1. The minimum Gasteiger partial charge on any atom is -0.392 e. The van der Waals surface area contributed by atoms with E-state index in [2.05, 4.69) is 34.5 Å². The highest BCUT2D eigenvalue weighted by molar-refractivity contribution is 6.12. The van der Waals surface area contributed by atoms with Crippen molar-refractivity contribution in [1.82, 2.24) is 10.2 Å². The largest absolute Gasteiger partial charge is 0.392 e. The number of hydrogen-bond acceptors (Lipinski definition) is 3. The van der Waals surface area contributed by atoms with Gasteiger partial charge in [0, 0.05) is 29.9 Å². The molecule has 1 aliphatic heterocycles. The second kappa shape index (κ2) is 6.47. The summed E-state index contributed by atoms with van der Waals surface area (Å²) < 4.78 is 0. The lowest BCUT2D eigenvalue weighted by molar-refractivity contribution is 0.0997. The van der Waals surface area contributed by atoms with Crippen LogP contribution >= 0.6 is 0 Å². The summed E-state index contributed by atoms with van der Waals surface area (Å²) in [5, 5.41) is 13.4. The molecule has 1 aromatic rings. The molecule has 0 aromatic heterocycles. The summed E-state index contributed by atoms with van der Waals surface area (Å²) >= 11 is 0. The maximum atomic E-state index is 10.2. The molecule has 1 heterocycles. The molecule has 0 fully saturated rings. The standard InChI is InChI=1S/C14H24N2OSi/c1-15-8-14(18)13(17)10-16-7-6-11-4-2-3-5-12(11)9-16/h2-5,13-15,17H,6-10H2,1,18H3/t13-,14?/m1/s1. The number of nitrogens with one attached hydrogen (secondary N) is 1. The van der Waals surface area contributed by atoms with Gasteiger partial charge in [0.25, 0.3) is 0 Å². The van der Waals surface area contributed by atoms with E-state index in [1.165, 1.54) is 11.1 Å². The number of fused-ring (bicyclic) bond motifs is 1. The lowest BCUT2D eigenvalue weighted by Crippen LogP contribution is -2.39. The van der Waals surface area contributed by atoms with Crippen LogP contribution in [0, 0.1) is 0 Å². The molecule has 0 aliphatic carbocycles. The van der Waals surface area contributed by atoms with Crippen molar-refractivity contribution in [2.75, 3.05) is 26.7 Å². The first-order valence-corrected chi connectivity index (χ1v) is 7.98. The molecule has 0 bridgehead atoms. The quantitative estimate of drug-likeness (QED) is 0.722. The number of hydrogen-bond donors (Lipinski definition) is 2. The molecule has 1 aliphatic rings. The molecule has 18 heavy (non-hydrogen) atoms. The predicted octanol–water partition coefficient (Wildman–Crippen LogP) is -0.221. The van der Waals surface area contributed by atoms with Gasteiger partial charge in [-0.3, -0.25) is 4.90 Å². The fourth-order valence-corrected chi connectivity index (χ4v) is 3.23. The van der Waals surface area contributed by atoms with Gasteiger partial charge in [-0.15, -0.1) is 0 Å². The Morgan fingerprint density at radius 1 is 1.39 bits per heavy atom. The molecule has 3 nitrogen and oxygen atoms in total. The van der Waals surface area contributed by atoms with Crippen LogP contribution in [0.15, 0.2) is 24.3 Å². The molecule has 0 radical (unpaired) electrons. The second-order valence-electron chi connectivity index (χ2n) is 5.36. The van der Waals surface area contributed by atoms with E-state index in [4.69, 9.17) is 0 Å². The minimum absolute atomic E-state index is 0.186. The Bertz CT molecular complexity index is 386. The van der Waals surface area contributed by atoms with Gasteiger partial charge < -0.3 is 10.4 Å². The van der Waals surface area contributed by atoms with E-state index in [0.29, 0.717) is 5.54 Å². The Kier molecular flexibility index (Phi) is 4.94. The Balaban J connectivity index is 1.89. The van der Waals surface area contributed by atoms with Gasteiger partial charge in [0.05, 0.1) is 6.10 Å². The van der Waals surface area contributed by atoms with E-state index in [-0.39, 0.29) is 6.10 Å². The van der Waals surface area contributed by atoms with E-state index in [1.54, 1.807) is 0 Å². The Morgan fingerprint density at radius 3 is 2.83 bits per heavy atom. The van der Waals surface area contributed by atoms with E-state index >= 15 is 0 Å². The highest BCUT2D eigenvalue weighted by Crippen LogP contribution is 2.19. The van der Waals surface area contributed by atoms with Crippen molar-refractivity contribution in [3.05, 3.63) is 35.4 Å². The molecule has 1 aromatic carbocycles. The fourth-order valence-electron chi connectivity index (χ4n) is 2.61. The third kappa shape index (κ3) is 3.42. The highest BCUT2D eigenvalue weighted by Gasteiger charge is 2.21. The number of β-amino-alcohol motifs (C(OH)–C–C–N with tert-alkyl or cyclic N) is 1. The molecule has 100 valence electrons. The molecular weight excluding hydrogens is 240 g/mol. The van der Waals surface area contributed by atoms with Crippen LogP contribution in [-0.4, -0.2) is 53.0 Å². The van der Waals surface area contributed by atoms with Crippen molar-refractivity contribution < 1.29 is 5.11 Å². The van der Waals surface area contributed by atoms with Gasteiger partial charge in [0.2, 0.25) is 0 Å². The van der Waals surface area contributed by atoms with Crippen molar-refractivity contribution in [3.8, 4) is 0 Å². The van der Waals surface area contributed by atoms with Crippen molar-refractivity contribution in [1.29, 1.82) is 0 Å². The number of aliphatic hydroxyl groups excluding tert-OH is 1. The van der Waals surface area contributed by atoms with Crippen LogP contribution in [0.1, 0.15) is 11.1 Å². The maximum Gasteiger partial charge on any atom is 0.0675 e. The monoisotopic (exact) mass is 264 g/mol. The predicted molar refractivity (Wildman–Crippen MR) is 79.0 cm³/mol. The van der Waals surface area contributed by atoms with E-state index in [1.807, 2.05) is 7.05 Å². The van der Waals surface area contributed by atoms with E-state index in [0.717, 1.165) is 42.8 Å². The molecule has 4 heteroatoms. The third-order valence-corrected chi connectivity index (χ3v) is 5.02. The van der Waals surface area contributed by atoms with Crippen molar-refractivity contribution in [2.24, 2.45) is 0 Å². The molecule has 0 amide bonds. The first kappa shape index (κ1) is 13.7. The van der Waals surface area contributed by atoms with Gasteiger partial charge in [0.15, 0.2) is 0 Å². The summed E-state index contributed by atoms with van der Waals surface area (Å²) in [7, 11) is 2.99. The van der Waals surface area contributed by atoms with Gasteiger partial charge in [-0.2, -0.15) is 0 Å².